The van der Waals surface area contributed by atoms with E-state index in [1.165, 1.54) is 327 Å². The molecular weight excluding hydrogens is 1020 g/mol. The van der Waals surface area contributed by atoms with Crippen LogP contribution in [-0.4, -0.2) is 37.2 Å². The highest BCUT2D eigenvalue weighted by atomic mass is 16.6. The van der Waals surface area contributed by atoms with E-state index < -0.39 is 6.10 Å². The summed E-state index contributed by atoms with van der Waals surface area (Å²) < 4.78 is 17.0. The molecule has 0 aliphatic heterocycles. The summed E-state index contributed by atoms with van der Waals surface area (Å²) in [4.78, 5) is 38.4. The van der Waals surface area contributed by atoms with Gasteiger partial charge in [0.1, 0.15) is 13.2 Å². The Kier molecular flexibility index (Phi) is 70.5. The molecule has 0 spiro atoms. The van der Waals surface area contributed by atoms with Gasteiger partial charge in [-0.05, 0) is 51.4 Å². The fourth-order valence-electron chi connectivity index (χ4n) is 11.8. The molecule has 0 fully saturated rings. The third kappa shape index (κ3) is 70.5. The smallest absolute Gasteiger partial charge is 0.306 e. The minimum Gasteiger partial charge on any atom is -0.462 e. The summed E-state index contributed by atoms with van der Waals surface area (Å²) in [5.41, 5.74) is 0. The standard InChI is InChI=1S/C77H146O6/c1-4-7-10-13-16-19-22-24-26-28-30-32-34-36-37-38-39-41-42-44-46-48-50-52-55-58-61-64-67-70-76(79)82-73-74(72-81-75(78)69-66-63-60-57-54-21-18-15-12-9-6-3)83-77(80)71-68-65-62-59-56-53-51-49-47-45-43-40-35-33-31-29-27-25-23-20-17-14-11-8-5-2/h22,24,28,30,74H,4-21,23,25-27,29,31-73H2,1-3H3/b24-22-,30-28-. The topological polar surface area (TPSA) is 78.9 Å². The number of carbonyl (C=O) groups excluding carboxylic acids is 3. The maximum atomic E-state index is 13.0. The van der Waals surface area contributed by atoms with Gasteiger partial charge in [-0.15, -0.1) is 0 Å². The molecule has 83 heavy (non-hydrogen) atoms. The molecule has 6 heteroatoms. The Bertz CT molecular complexity index is 1340. The van der Waals surface area contributed by atoms with Crippen LogP contribution in [0, 0.1) is 0 Å². The van der Waals surface area contributed by atoms with Crippen molar-refractivity contribution >= 4 is 17.9 Å². The van der Waals surface area contributed by atoms with Crippen LogP contribution >= 0.6 is 0 Å². The fraction of sp³-hybridized carbons (Fsp3) is 0.909. The van der Waals surface area contributed by atoms with E-state index in [9.17, 15) is 14.4 Å². The molecule has 0 aromatic carbocycles. The zero-order valence-corrected chi connectivity index (χ0v) is 56.5. The second kappa shape index (κ2) is 72.4. The average Bonchev–Trinajstić information content (AvgIpc) is 3.48. The molecule has 0 radical (unpaired) electrons. The minimum absolute atomic E-state index is 0.0633. The van der Waals surface area contributed by atoms with Gasteiger partial charge in [0.05, 0.1) is 0 Å². The van der Waals surface area contributed by atoms with E-state index in [1.54, 1.807) is 0 Å². The van der Waals surface area contributed by atoms with Gasteiger partial charge in [0, 0.05) is 19.3 Å². The van der Waals surface area contributed by atoms with Gasteiger partial charge in [-0.2, -0.15) is 0 Å². The van der Waals surface area contributed by atoms with E-state index in [1.807, 2.05) is 0 Å². The van der Waals surface area contributed by atoms with Crippen molar-refractivity contribution < 1.29 is 28.6 Å². The molecule has 0 aliphatic rings. The second-order valence-electron chi connectivity index (χ2n) is 25.9. The first-order chi connectivity index (χ1) is 41.0. The quantitative estimate of drug-likeness (QED) is 0.0261. The maximum Gasteiger partial charge on any atom is 0.306 e. The lowest BCUT2D eigenvalue weighted by Gasteiger charge is -2.18. The van der Waals surface area contributed by atoms with Crippen molar-refractivity contribution in [2.75, 3.05) is 13.2 Å². The van der Waals surface area contributed by atoms with Crippen LogP contribution in [0.4, 0.5) is 0 Å². The van der Waals surface area contributed by atoms with Crippen LogP contribution in [0.25, 0.3) is 0 Å². The highest BCUT2D eigenvalue weighted by molar-refractivity contribution is 5.71. The molecule has 0 amide bonds. The van der Waals surface area contributed by atoms with Crippen LogP contribution in [-0.2, 0) is 28.6 Å². The van der Waals surface area contributed by atoms with Crippen LogP contribution in [0.2, 0.25) is 0 Å². The van der Waals surface area contributed by atoms with Crippen LogP contribution in [0.1, 0.15) is 432 Å². The summed E-state index contributed by atoms with van der Waals surface area (Å²) >= 11 is 0. The molecule has 1 unspecified atom stereocenters. The van der Waals surface area contributed by atoms with E-state index in [0.29, 0.717) is 19.3 Å². The lowest BCUT2D eigenvalue weighted by molar-refractivity contribution is -0.167. The molecule has 490 valence electrons. The van der Waals surface area contributed by atoms with Crippen LogP contribution in [0.3, 0.4) is 0 Å². The Labute approximate surface area is 519 Å². The van der Waals surface area contributed by atoms with Gasteiger partial charge in [-0.3, -0.25) is 14.4 Å². The average molecular weight is 1170 g/mol. The molecule has 0 rings (SSSR count). The molecule has 0 heterocycles. The zero-order valence-electron chi connectivity index (χ0n) is 56.5. The van der Waals surface area contributed by atoms with Gasteiger partial charge in [0.25, 0.3) is 0 Å². The normalized spacial score (nSPS) is 12.1. The first-order valence-electron chi connectivity index (χ1n) is 37.8. The van der Waals surface area contributed by atoms with Crippen LogP contribution < -0.4 is 0 Å². The SMILES string of the molecule is CCCCCCC/C=C\C/C=C\CCCCCCCCCCCCCCCCCCCC(=O)OCC(COC(=O)CCCCCCCCCCCCC)OC(=O)CCCCCCCCCCCCCCCCCCCCCCCCCCC. The molecule has 0 N–H and O–H groups in total. The number of esters is 3. The number of ether oxygens (including phenoxy) is 3. The third-order valence-corrected chi connectivity index (χ3v) is 17.5. The first-order valence-corrected chi connectivity index (χ1v) is 37.8. The Morgan fingerprint density at radius 2 is 0.434 bits per heavy atom. The molecule has 0 aromatic heterocycles. The van der Waals surface area contributed by atoms with E-state index >= 15 is 0 Å². The van der Waals surface area contributed by atoms with Gasteiger partial charge in [-0.25, -0.2) is 0 Å². The number of allylic oxidation sites excluding steroid dienone is 4. The van der Waals surface area contributed by atoms with Gasteiger partial charge >= 0.3 is 17.9 Å². The first kappa shape index (κ1) is 80.9. The molecule has 6 nitrogen and oxygen atoms in total. The summed E-state index contributed by atoms with van der Waals surface area (Å²) in [7, 11) is 0. The molecule has 0 aromatic rings. The van der Waals surface area contributed by atoms with Crippen LogP contribution in [0.15, 0.2) is 24.3 Å². The number of unbranched alkanes of at least 4 members (excludes halogenated alkanes) is 56. The maximum absolute atomic E-state index is 13.0. The largest absolute Gasteiger partial charge is 0.462 e. The Balaban J connectivity index is 4.12. The van der Waals surface area contributed by atoms with E-state index in [2.05, 4.69) is 45.1 Å². The Morgan fingerprint density at radius 3 is 0.663 bits per heavy atom. The molecule has 0 saturated heterocycles. The van der Waals surface area contributed by atoms with Crippen molar-refractivity contribution in [3.8, 4) is 0 Å². The number of rotatable bonds is 71. The summed E-state index contributed by atoms with van der Waals surface area (Å²) in [6.07, 6.45) is 89.5. The fourth-order valence-corrected chi connectivity index (χ4v) is 11.8. The van der Waals surface area contributed by atoms with Crippen molar-refractivity contribution in [2.45, 2.75) is 438 Å². The lowest BCUT2D eigenvalue weighted by Crippen LogP contribution is -2.30. The summed E-state index contributed by atoms with van der Waals surface area (Å²) in [5, 5.41) is 0. The van der Waals surface area contributed by atoms with Crippen LogP contribution in [0.5, 0.6) is 0 Å². The van der Waals surface area contributed by atoms with Gasteiger partial charge < -0.3 is 14.2 Å². The lowest BCUT2D eigenvalue weighted by atomic mass is 10.0. The molecular formula is C77H146O6. The molecule has 0 saturated carbocycles. The predicted octanol–water partition coefficient (Wildman–Crippen LogP) is 26.1. The van der Waals surface area contributed by atoms with Gasteiger partial charge in [0.15, 0.2) is 6.10 Å². The Hall–Kier alpha value is -2.11. The number of hydrogen-bond donors (Lipinski definition) is 0. The van der Waals surface area contributed by atoms with E-state index in [-0.39, 0.29) is 31.1 Å². The molecule has 0 aliphatic carbocycles. The second-order valence-corrected chi connectivity index (χ2v) is 25.9. The zero-order chi connectivity index (χ0) is 59.9. The monoisotopic (exact) mass is 1170 g/mol. The van der Waals surface area contributed by atoms with Crippen molar-refractivity contribution in [2.24, 2.45) is 0 Å². The predicted molar refractivity (Wildman–Crippen MR) is 363 cm³/mol. The van der Waals surface area contributed by atoms with E-state index in [0.717, 1.165) is 64.2 Å². The summed E-state index contributed by atoms with van der Waals surface area (Å²) in [6.45, 7) is 6.71. The van der Waals surface area contributed by atoms with E-state index in [4.69, 9.17) is 14.2 Å². The van der Waals surface area contributed by atoms with Crippen molar-refractivity contribution in [3.63, 3.8) is 0 Å². The highest BCUT2D eigenvalue weighted by Crippen LogP contribution is 2.19. The number of hydrogen-bond acceptors (Lipinski definition) is 6. The highest BCUT2D eigenvalue weighted by Gasteiger charge is 2.20. The van der Waals surface area contributed by atoms with Gasteiger partial charge in [0.2, 0.25) is 0 Å². The van der Waals surface area contributed by atoms with Crippen molar-refractivity contribution in [1.29, 1.82) is 0 Å². The van der Waals surface area contributed by atoms with Gasteiger partial charge in [-0.1, -0.05) is 385 Å². The molecule has 0 bridgehead atoms. The minimum atomic E-state index is -0.766. The third-order valence-electron chi connectivity index (χ3n) is 17.5. The Morgan fingerprint density at radius 1 is 0.241 bits per heavy atom. The van der Waals surface area contributed by atoms with Crippen molar-refractivity contribution in [1.82, 2.24) is 0 Å². The summed E-state index contributed by atoms with van der Waals surface area (Å²) in [6, 6.07) is 0. The van der Waals surface area contributed by atoms with Crippen molar-refractivity contribution in [3.05, 3.63) is 24.3 Å². The summed E-state index contributed by atoms with van der Waals surface area (Å²) in [5.74, 6) is -0.828. The number of carbonyl (C=O) groups is 3. The molecule has 1 atom stereocenters.